The first-order chi connectivity index (χ1) is 15.1. The summed E-state index contributed by atoms with van der Waals surface area (Å²) in [5.74, 6) is 1.63. The van der Waals surface area contributed by atoms with E-state index in [0.29, 0.717) is 32.4 Å². The Morgan fingerprint density at radius 1 is 1.10 bits per heavy atom. The molecule has 1 heterocycles. The quantitative estimate of drug-likeness (QED) is 0.280. The molecule has 1 saturated heterocycles. The molecule has 1 aromatic rings. The van der Waals surface area contributed by atoms with Gasteiger partial charge in [-0.25, -0.2) is 0 Å². The lowest BCUT2D eigenvalue weighted by Crippen LogP contribution is -2.44. The Balaban J connectivity index is 1.89. The molecule has 8 nitrogen and oxygen atoms in total. The van der Waals surface area contributed by atoms with Crippen molar-refractivity contribution >= 4 is 11.6 Å². The molecule has 0 aliphatic carbocycles. The van der Waals surface area contributed by atoms with Crippen LogP contribution in [0.1, 0.15) is 27.2 Å². The van der Waals surface area contributed by atoms with Crippen LogP contribution in [0, 0.1) is 0 Å². The molecule has 176 valence electrons. The molecular weight excluding hydrogens is 396 g/mol. The van der Waals surface area contributed by atoms with Gasteiger partial charge >= 0.3 is 0 Å². The monoisotopic (exact) mass is 436 g/mol. The van der Waals surface area contributed by atoms with Gasteiger partial charge in [-0.1, -0.05) is 0 Å². The fourth-order valence-electron chi connectivity index (χ4n) is 3.15. The van der Waals surface area contributed by atoms with Crippen LogP contribution in [-0.4, -0.2) is 89.3 Å². The van der Waals surface area contributed by atoms with Gasteiger partial charge in [0.1, 0.15) is 5.75 Å². The summed E-state index contributed by atoms with van der Waals surface area (Å²) in [5.41, 5.74) is 0.970. The first-order valence-electron chi connectivity index (χ1n) is 11.3. The highest BCUT2D eigenvalue weighted by Crippen LogP contribution is 2.17. The van der Waals surface area contributed by atoms with Crippen LogP contribution in [-0.2, 0) is 14.2 Å². The van der Waals surface area contributed by atoms with Crippen LogP contribution in [0.25, 0.3) is 0 Å². The summed E-state index contributed by atoms with van der Waals surface area (Å²) < 4.78 is 21.7. The number of hydrogen-bond donors (Lipinski definition) is 2. The van der Waals surface area contributed by atoms with Gasteiger partial charge < -0.3 is 29.6 Å². The predicted molar refractivity (Wildman–Crippen MR) is 125 cm³/mol. The lowest BCUT2D eigenvalue weighted by Gasteiger charge is -2.31. The van der Waals surface area contributed by atoms with Gasteiger partial charge in [-0.05, 0) is 51.5 Å². The Bertz CT molecular complexity index is 619. The smallest absolute Gasteiger partial charge is 0.195 e. The van der Waals surface area contributed by atoms with Crippen molar-refractivity contribution in [2.45, 2.75) is 39.3 Å². The zero-order chi connectivity index (χ0) is 22.3. The highest BCUT2D eigenvalue weighted by atomic mass is 16.5. The number of rotatable bonds is 13. The van der Waals surface area contributed by atoms with Gasteiger partial charge in [0.15, 0.2) is 5.96 Å². The summed E-state index contributed by atoms with van der Waals surface area (Å²) in [6.07, 6.45) is 1.05. The zero-order valence-corrected chi connectivity index (χ0v) is 19.6. The number of anilines is 1. The molecule has 8 heteroatoms. The van der Waals surface area contributed by atoms with Crippen molar-refractivity contribution in [3.63, 3.8) is 0 Å². The van der Waals surface area contributed by atoms with Gasteiger partial charge in [0.05, 0.1) is 39.1 Å². The molecule has 1 atom stereocenters. The summed E-state index contributed by atoms with van der Waals surface area (Å²) in [5, 5.41) is 6.83. The highest BCUT2D eigenvalue weighted by Gasteiger charge is 2.16. The van der Waals surface area contributed by atoms with E-state index in [1.165, 1.54) is 0 Å². The number of nitrogens with zero attached hydrogens (tertiary/aromatic N) is 2. The minimum Gasteiger partial charge on any atom is -0.491 e. The number of ether oxygens (including phenoxy) is 4. The van der Waals surface area contributed by atoms with Crippen LogP contribution in [0.15, 0.2) is 29.3 Å². The third kappa shape index (κ3) is 10.8. The number of morpholine rings is 1. The number of aliphatic imine (C=N–C) groups is 1. The van der Waals surface area contributed by atoms with Gasteiger partial charge in [-0.3, -0.25) is 9.89 Å². The molecule has 1 aliphatic rings. The van der Waals surface area contributed by atoms with E-state index in [4.69, 9.17) is 23.9 Å². The Morgan fingerprint density at radius 3 is 2.52 bits per heavy atom. The van der Waals surface area contributed by atoms with E-state index in [1.807, 2.05) is 38.1 Å². The van der Waals surface area contributed by atoms with E-state index >= 15 is 0 Å². The molecule has 1 aromatic carbocycles. The summed E-state index contributed by atoms with van der Waals surface area (Å²) in [6, 6.07) is 8.32. The molecule has 1 unspecified atom stereocenters. The minimum absolute atomic E-state index is 0.158. The molecule has 0 bridgehead atoms. The van der Waals surface area contributed by atoms with E-state index in [0.717, 1.165) is 56.7 Å². The van der Waals surface area contributed by atoms with Crippen molar-refractivity contribution < 1.29 is 18.9 Å². The molecule has 1 aliphatic heterocycles. The van der Waals surface area contributed by atoms with Crippen molar-refractivity contribution in [2.24, 2.45) is 4.99 Å². The third-order valence-corrected chi connectivity index (χ3v) is 4.86. The van der Waals surface area contributed by atoms with Gasteiger partial charge in [-0.2, -0.15) is 0 Å². The van der Waals surface area contributed by atoms with Crippen molar-refractivity contribution in [1.82, 2.24) is 10.2 Å². The number of benzene rings is 1. The first-order valence-corrected chi connectivity index (χ1v) is 11.3. The van der Waals surface area contributed by atoms with Gasteiger partial charge in [0, 0.05) is 45.1 Å². The van der Waals surface area contributed by atoms with Gasteiger partial charge in [0.2, 0.25) is 0 Å². The summed E-state index contributed by atoms with van der Waals surface area (Å²) in [7, 11) is 1.68. The molecule has 0 radical (unpaired) electrons. The van der Waals surface area contributed by atoms with Crippen molar-refractivity contribution in [3.8, 4) is 5.75 Å². The topological polar surface area (TPSA) is 76.6 Å². The van der Waals surface area contributed by atoms with Crippen molar-refractivity contribution in [1.29, 1.82) is 0 Å². The lowest BCUT2D eigenvalue weighted by molar-refractivity contribution is 0.0220. The average Bonchev–Trinajstić information content (AvgIpc) is 2.78. The van der Waals surface area contributed by atoms with Crippen LogP contribution in [0.3, 0.4) is 0 Å². The summed E-state index contributed by atoms with van der Waals surface area (Å²) in [6.45, 7) is 13.2. The first kappa shape index (κ1) is 25.4. The fraction of sp³-hybridized carbons (Fsp3) is 0.696. The molecule has 0 amide bonds. The maximum atomic E-state index is 5.73. The average molecular weight is 437 g/mol. The number of hydrogen-bond acceptors (Lipinski definition) is 6. The van der Waals surface area contributed by atoms with Crippen molar-refractivity contribution in [2.75, 3.05) is 71.6 Å². The van der Waals surface area contributed by atoms with Crippen molar-refractivity contribution in [3.05, 3.63) is 24.3 Å². The van der Waals surface area contributed by atoms with E-state index in [-0.39, 0.29) is 6.10 Å². The zero-order valence-electron chi connectivity index (χ0n) is 19.6. The standard InChI is InChI=1S/C23H40N4O4/c1-19(2)31-22-8-6-21(7-9-22)26-23(24-10-5-13-29-17-16-28-4)25-18-20(3)27-11-14-30-15-12-27/h6-9,19-20H,5,10-18H2,1-4H3,(H2,24,25,26). The van der Waals surface area contributed by atoms with Gasteiger partial charge in [0.25, 0.3) is 0 Å². The second-order valence-corrected chi connectivity index (χ2v) is 7.89. The minimum atomic E-state index is 0.158. The Hall–Kier alpha value is -1.87. The Kier molecular flexibility index (Phi) is 12.3. The third-order valence-electron chi connectivity index (χ3n) is 4.86. The largest absolute Gasteiger partial charge is 0.491 e. The molecule has 0 aromatic heterocycles. The number of nitrogens with one attached hydrogen (secondary N) is 2. The number of guanidine groups is 1. The van der Waals surface area contributed by atoms with Crippen LogP contribution in [0.4, 0.5) is 5.69 Å². The van der Waals surface area contributed by atoms with E-state index < -0.39 is 0 Å². The second-order valence-electron chi connectivity index (χ2n) is 7.89. The van der Waals surface area contributed by atoms with E-state index in [2.05, 4.69) is 22.5 Å². The molecular formula is C23H40N4O4. The lowest BCUT2D eigenvalue weighted by atomic mass is 10.2. The van der Waals surface area contributed by atoms with Gasteiger partial charge in [-0.15, -0.1) is 0 Å². The van der Waals surface area contributed by atoms with E-state index in [9.17, 15) is 0 Å². The Labute approximate surface area is 187 Å². The van der Waals surface area contributed by atoms with Crippen LogP contribution < -0.4 is 15.4 Å². The molecule has 0 saturated carbocycles. The van der Waals surface area contributed by atoms with Crippen LogP contribution >= 0.6 is 0 Å². The number of methoxy groups -OCH3 is 1. The maximum Gasteiger partial charge on any atom is 0.195 e. The molecule has 2 N–H and O–H groups in total. The molecule has 31 heavy (non-hydrogen) atoms. The highest BCUT2D eigenvalue weighted by molar-refractivity contribution is 5.93. The summed E-state index contributed by atoms with van der Waals surface area (Å²) >= 11 is 0. The second kappa shape index (κ2) is 15.0. The Morgan fingerprint density at radius 2 is 1.84 bits per heavy atom. The fourth-order valence-corrected chi connectivity index (χ4v) is 3.15. The maximum absolute atomic E-state index is 5.73. The molecule has 2 rings (SSSR count). The normalized spacial score (nSPS) is 16.4. The predicted octanol–water partition coefficient (Wildman–Crippen LogP) is 2.61. The van der Waals surface area contributed by atoms with Crippen LogP contribution in [0.5, 0.6) is 5.75 Å². The van der Waals surface area contributed by atoms with Crippen LogP contribution in [0.2, 0.25) is 0 Å². The van der Waals surface area contributed by atoms with E-state index in [1.54, 1.807) is 7.11 Å². The molecule has 0 spiro atoms. The summed E-state index contributed by atoms with van der Waals surface area (Å²) in [4.78, 5) is 7.25. The molecule has 1 fully saturated rings. The SMILES string of the molecule is COCCOCCCNC(=NCC(C)N1CCOCC1)Nc1ccc(OC(C)C)cc1.